The van der Waals surface area contributed by atoms with Crippen LogP contribution in [0.4, 0.5) is 0 Å². The van der Waals surface area contributed by atoms with E-state index in [2.05, 4.69) is 12.6 Å². The lowest BCUT2D eigenvalue weighted by atomic mass is 10.1. The fourth-order valence-corrected chi connectivity index (χ4v) is 4.35. The molecule has 0 spiro atoms. The molecule has 0 radical (unpaired) electrons. The third-order valence-electron chi connectivity index (χ3n) is 5.64. The van der Waals surface area contributed by atoms with Crippen LogP contribution in [0, 0.1) is 13.8 Å². The number of aliphatic hydroxyl groups excluding tert-OH is 1. The van der Waals surface area contributed by atoms with Crippen molar-refractivity contribution in [1.82, 2.24) is 14.5 Å². The number of aliphatic hydroxyl groups is 1. The molecule has 162 valence electrons. The number of imidazole rings is 1. The fraction of sp³-hybridized carbons (Fsp3) is 0.360. The summed E-state index contributed by atoms with van der Waals surface area (Å²) in [4.78, 5) is 19.0. The zero-order valence-electron chi connectivity index (χ0n) is 18.1. The number of carbonyl (C=O) groups excluding carboxylic acids is 1. The molecule has 0 aliphatic carbocycles. The van der Waals surface area contributed by atoms with Gasteiger partial charge in [0.1, 0.15) is 24.3 Å². The number of likely N-dealkylation sites (tertiary alicyclic amines) is 1. The number of nitrogens with zero attached hydrogens (tertiary/aromatic N) is 3. The Bertz CT molecular complexity index is 1080. The predicted octanol–water partition coefficient (Wildman–Crippen LogP) is 3.59. The summed E-state index contributed by atoms with van der Waals surface area (Å²) in [7, 11) is 0. The number of hydrogen-bond donors (Lipinski definition) is 1. The van der Waals surface area contributed by atoms with E-state index < -0.39 is 6.10 Å². The van der Waals surface area contributed by atoms with E-state index in [-0.39, 0.29) is 18.4 Å². The minimum atomic E-state index is -0.710. The molecule has 1 N–H and O–H groups in total. The summed E-state index contributed by atoms with van der Waals surface area (Å²) < 4.78 is 7.91. The number of rotatable bonds is 8. The maximum absolute atomic E-state index is 12.4. The fourth-order valence-electron chi connectivity index (χ4n) is 4.35. The maximum atomic E-state index is 12.4. The lowest BCUT2D eigenvalue weighted by Gasteiger charge is -2.18. The molecular weight excluding hydrogens is 390 g/mol. The molecule has 1 aliphatic rings. The van der Waals surface area contributed by atoms with Crippen molar-refractivity contribution in [3.05, 3.63) is 72.1 Å². The Balaban J connectivity index is 1.54. The molecule has 1 saturated heterocycles. The highest BCUT2D eigenvalue weighted by Gasteiger charge is 2.33. The summed E-state index contributed by atoms with van der Waals surface area (Å²) in [5.41, 5.74) is 4.08. The van der Waals surface area contributed by atoms with Crippen molar-refractivity contribution in [3.63, 3.8) is 0 Å². The van der Waals surface area contributed by atoms with Gasteiger partial charge in [-0.3, -0.25) is 4.79 Å². The van der Waals surface area contributed by atoms with Crippen LogP contribution in [-0.2, 0) is 11.3 Å². The molecule has 2 heterocycles. The maximum Gasteiger partial charge on any atom is 0.223 e. The number of benzene rings is 2. The SMILES string of the molecule is C=CCN1C[C@H](c2nc3ccccc3n2C[C@@H](O)COc2cc(C)cc(C)c2)CC1=O. The highest BCUT2D eigenvalue weighted by molar-refractivity contribution is 5.81. The average molecular weight is 420 g/mol. The van der Waals surface area contributed by atoms with E-state index in [9.17, 15) is 9.90 Å². The average Bonchev–Trinajstić information content (AvgIpc) is 3.27. The summed E-state index contributed by atoms with van der Waals surface area (Å²) in [5, 5.41) is 10.8. The van der Waals surface area contributed by atoms with Gasteiger partial charge in [0.2, 0.25) is 5.91 Å². The van der Waals surface area contributed by atoms with Crippen LogP contribution in [-0.4, -0.2) is 51.3 Å². The third-order valence-corrected chi connectivity index (χ3v) is 5.64. The minimum absolute atomic E-state index is 0.00705. The standard InChI is InChI=1S/C25H29N3O3/c1-4-9-27-14-19(13-24(27)30)25-26-22-7-5-6-8-23(22)28(25)15-20(29)16-31-21-11-17(2)10-18(3)12-21/h4-8,10-12,19-20,29H,1,9,13-16H2,2-3H3/t19-,20-/m1/s1. The highest BCUT2D eigenvalue weighted by Crippen LogP contribution is 2.30. The van der Waals surface area contributed by atoms with Crippen molar-refractivity contribution in [1.29, 1.82) is 0 Å². The number of aryl methyl sites for hydroxylation is 2. The van der Waals surface area contributed by atoms with Crippen molar-refractivity contribution >= 4 is 16.9 Å². The van der Waals surface area contributed by atoms with E-state index in [1.807, 2.05) is 54.8 Å². The van der Waals surface area contributed by atoms with Crippen LogP contribution in [0.1, 0.15) is 29.3 Å². The lowest BCUT2D eigenvalue weighted by Crippen LogP contribution is -2.26. The zero-order valence-corrected chi connectivity index (χ0v) is 18.1. The molecule has 1 aliphatic heterocycles. The molecule has 0 saturated carbocycles. The Labute approximate surface area is 182 Å². The van der Waals surface area contributed by atoms with Crippen LogP contribution in [0.5, 0.6) is 5.75 Å². The van der Waals surface area contributed by atoms with Crippen LogP contribution < -0.4 is 4.74 Å². The van der Waals surface area contributed by atoms with Gasteiger partial charge >= 0.3 is 0 Å². The number of para-hydroxylation sites is 2. The Morgan fingerprint density at radius 2 is 2.00 bits per heavy atom. The van der Waals surface area contributed by atoms with E-state index in [1.54, 1.807) is 11.0 Å². The molecular formula is C25H29N3O3. The molecule has 1 amide bonds. The van der Waals surface area contributed by atoms with E-state index in [1.165, 1.54) is 0 Å². The smallest absolute Gasteiger partial charge is 0.223 e. The van der Waals surface area contributed by atoms with Gasteiger partial charge in [0.25, 0.3) is 0 Å². The van der Waals surface area contributed by atoms with Crippen molar-refractivity contribution in [2.75, 3.05) is 19.7 Å². The van der Waals surface area contributed by atoms with Gasteiger partial charge in [-0.1, -0.05) is 24.3 Å². The Kier molecular flexibility index (Phi) is 6.09. The molecule has 2 aromatic carbocycles. The van der Waals surface area contributed by atoms with Crippen molar-refractivity contribution in [3.8, 4) is 5.75 Å². The van der Waals surface area contributed by atoms with Crippen LogP contribution in [0.2, 0.25) is 0 Å². The number of ether oxygens (including phenoxy) is 1. The van der Waals surface area contributed by atoms with Crippen LogP contribution in [0.15, 0.2) is 55.1 Å². The number of aromatic nitrogens is 2. The molecule has 4 rings (SSSR count). The van der Waals surface area contributed by atoms with Gasteiger partial charge in [-0.05, 0) is 49.2 Å². The van der Waals surface area contributed by atoms with Gasteiger partial charge < -0.3 is 19.3 Å². The molecule has 6 heteroatoms. The summed E-state index contributed by atoms with van der Waals surface area (Å²) in [5.74, 6) is 1.70. The number of hydrogen-bond acceptors (Lipinski definition) is 4. The van der Waals surface area contributed by atoms with Crippen molar-refractivity contribution < 1.29 is 14.6 Å². The Morgan fingerprint density at radius 1 is 1.26 bits per heavy atom. The van der Waals surface area contributed by atoms with E-state index in [0.29, 0.717) is 26.1 Å². The summed E-state index contributed by atoms with van der Waals surface area (Å²) in [6, 6.07) is 13.9. The van der Waals surface area contributed by atoms with Gasteiger partial charge in [0.05, 0.1) is 17.6 Å². The Hall–Kier alpha value is -3.12. The normalized spacial score (nSPS) is 17.3. The van der Waals surface area contributed by atoms with E-state index in [4.69, 9.17) is 9.72 Å². The minimum Gasteiger partial charge on any atom is -0.491 e. The number of amides is 1. The van der Waals surface area contributed by atoms with E-state index >= 15 is 0 Å². The first-order valence-corrected chi connectivity index (χ1v) is 10.7. The monoisotopic (exact) mass is 419 g/mol. The summed E-state index contributed by atoms with van der Waals surface area (Å²) in [6.07, 6.45) is 1.46. The third kappa shape index (κ3) is 4.64. The van der Waals surface area contributed by atoms with Gasteiger partial charge in [-0.2, -0.15) is 0 Å². The van der Waals surface area contributed by atoms with Crippen LogP contribution in [0.25, 0.3) is 11.0 Å². The van der Waals surface area contributed by atoms with Gasteiger partial charge in [-0.15, -0.1) is 6.58 Å². The summed E-state index contributed by atoms with van der Waals surface area (Å²) in [6.45, 7) is 9.49. The zero-order chi connectivity index (χ0) is 22.0. The first-order chi connectivity index (χ1) is 14.9. The molecule has 2 atom stereocenters. The van der Waals surface area contributed by atoms with Gasteiger partial charge in [-0.25, -0.2) is 4.98 Å². The van der Waals surface area contributed by atoms with Crippen molar-refractivity contribution in [2.45, 2.75) is 38.8 Å². The molecule has 0 bridgehead atoms. The molecule has 1 aromatic heterocycles. The van der Waals surface area contributed by atoms with Gasteiger partial charge in [0.15, 0.2) is 0 Å². The molecule has 1 fully saturated rings. The molecule has 3 aromatic rings. The quantitative estimate of drug-likeness (QED) is 0.567. The van der Waals surface area contributed by atoms with Crippen molar-refractivity contribution in [2.24, 2.45) is 0 Å². The number of fused-ring (bicyclic) bond motifs is 1. The summed E-state index contributed by atoms with van der Waals surface area (Å²) >= 11 is 0. The lowest BCUT2D eigenvalue weighted by molar-refractivity contribution is -0.127. The molecule has 0 unspecified atom stereocenters. The van der Waals surface area contributed by atoms with Crippen LogP contribution in [0.3, 0.4) is 0 Å². The number of carbonyl (C=O) groups is 1. The Morgan fingerprint density at radius 3 is 2.74 bits per heavy atom. The second kappa shape index (κ2) is 8.94. The topological polar surface area (TPSA) is 67.6 Å². The van der Waals surface area contributed by atoms with Gasteiger partial charge in [0, 0.05) is 25.4 Å². The second-order valence-corrected chi connectivity index (χ2v) is 8.35. The molecule has 6 nitrogen and oxygen atoms in total. The highest BCUT2D eigenvalue weighted by atomic mass is 16.5. The first-order valence-electron chi connectivity index (χ1n) is 10.7. The largest absolute Gasteiger partial charge is 0.491 e. The first kappa shape index (κ1) is 21.1. The predicted molar refractivity (Wildman–Crippen MR) is 121 cm³/mol. The molecule has 31 heavy (non-hydrogen) atoms. The second-order valence-electron chi connectivity index (χ2n) is 8.35. The van der Waals surface area contributed by atoms with E-state index in [0.717, 1.165) is 33.7 Å². The van der Waals surface area contributed by atoms with Crippen LogP contribution >= 0.6 is 0 Å².